The van der Waals surface area contributed by atoms with E-state index in [2.05, 4.69) is 28.4 Å². The number of allylic oxidation sites excluding steroid dienone is 6. The number of hydrogen-bond acceptors (Lipinski definition) is 17. The minimum Gasteiger partial charge on any atom is -1.00 e. The first-order valence-corrected chi connectivity index (χ1v) is 25.4. The van der Waals surface area contributed by atoms with Crippen molar-refractivity contribution in [3.63, 3.8) is 0 Å². The number of anilines is 1. The number of rotatable bonds is 15. The van der Waals surface area contributed by atoms with Gasteiger partial charge in [0.05, 0.1) is 29.5 Å². The van der Waals surface area contributed by atoms with Crippen molar-refractivity contribution in [2.45, 2.75) is 102 Å². The number of amides is 1. The second-order valence-corrected chi connectivity index (χ2v) is 21.2. The summed E-state index contributed by atoms with van der Waals surface area (Å²) in [6.45, 7) is 6.95. The van der Waals surface area contributed by atoms with Gasteiger partial charge in [-0.1, -0.05) is 37.6 Å². The molecule has 9 rings (SSSR count). The van der Waals surface area contributed by atoms with Crippen LogP contribution in [0.15, 0.2) is 70.6 Å². The Morgan fingerprint density at radius 2 is 1.68 bits per heavy atom. The Morgan fingerprint density at radius 3 is 2.31 bits per heavy atom. The van der Waals surface area contributed by atoms with Gasteiger partial charge in [-0.05, 0) is 101 Å². The van der Waals surface area contributed by atoms with Crippen molar-refractivity contribution < 1.29 is 84.2 Å². The van der Waals surface area contributed by atoms with E-state index in [0.29, 0.717) is 56.4 Å². The number of ether oxygens (including phenoxy) is 3. The molecule has 1 unspecified atom stereocenters. The number of likely N-dealkylation sites (N-methyl/N-ethyl adjacent to an activating group) is 1. The van der Waals surface area contributed by atoms with Gasteiger partial charge >= 0.3 is 41.6 Å². The molecule has 3 heterocycles. The summed E-state index contributed by atoms with van der Waals surface area (Å²) in [6.07, 6.45) is 7.87. The summed E-state index contributed by atoms with van der Waals surface area (Å²) in [6, 6.07) is 8.33. The molecule has 390 valence electrons. The van der Waals surface area contributed by atoms with Crippen molar-refractivity contribution in [1.82, 2.24) is 9.80 Å². The molecular weight excluding hydrogens is 980 g/mol. The zero-order valence-electron chi connectivity index (χ0n) is 43.2. The van der Waals surface area contributed by atoms with Crippen molar-refractivity contribution in [3.8, 4) is 0 Å². The largest absolute Gasteiger partial charge is 1.00 e. The number of nitrogens with two attached hydrogens (primary N) is 4. The number of primary amides is 1. The number of halogens is 2. The molecule has 1 aromatic carbocycles. The number of benzene rings is 1. The first-order valence-electron chi connectivity index (χ1n) is 24.3. The van der Waals surface area contributed by atoms with Gasteiger partial charge < -0.3 is 47.1 Å². The van der Waals surface area contributed by atoms with E-state index in [0.717, 1.165) is 29.7 Å². The maximum Gasteiger partial charge on any atom is 1.00 e. The number of carbonyl (C=O) groups is 6. The van der Waals surface area contributed by atoms with Gasteiger partial charge in [0.15, 0.2) is 18.1 Å². The number of hydrogen-bond donors (Lipinski definition) is 6. The number of ketones is 4. The Hall–Kier alpha value is -3.66. The zero-order chi connectivity index (χ0) is 52.0. The quantitative estimate of drug-likeness (QED) is 0.0257. The predicted molar refractivity (Wildman–Crippen MR) is 266 cm³/mol. The Labute approximate surface area is 454 Å². The average Bonchev–Trinajstić information content (AvgIpc) is 3.58. The van der Waals surface area contributed by atoms with Gasteiger partial charge in [-0.15, -0.1) is 23.2 Å². The number of fused-ring (bicyclic) bond motifs is 9. The normalized spacial score (nSPS) is 34.3. The number of alkyl halides is 2. The Balaban J connectivity index is 0.000000289. The van der Waals surface area contributed by atoms with Gasteiger partial charge in [0.25, 0.3) is 0 Å². The molecule has 3 aliphatic heterocycles. The Kier molecular flexibility index (Phi) is 18.1. The van der Waals surface area contributed by atoms with Crippen molar-refractivity contribution in [3.05, 3.63) is 76.2 Å². The minimum absolute atomic E-state index is 0. The summed E-state index contributed by atoms with van der Waals surface area (Å²) in [7, 11) is 3.49. The molecule has 1 amide bonds. The number of carbonyl (C=O) groups excluding carboxylic acids is 6. The second kappa shape index (κ2) is 22.7. The molecule has 0 radical (unpaired) electrons. The van der Waals surface area contributed by atoms with Gasteiger partial charge in [0.1, 0.15) is 12.2 Å². The summed E-state index contributed by atoms with van der Waals surface area (Å²) >= 11 is 11.8. The molecule has 0 spiro atoms. The van der Waals surface area contributed by atoms with E-state index in [1.54, 1.807) is 19.1 Å². The van der Waals surface area contributed by atoms with E-state index in [9.17, 15) is 39.0 Å². The molecule has 5 fully saturated rings. The van der Waals surface area contributed by atoms with Crippen molar-refractivity contribution in [2.75, 3.05) is 63.7 Å². The van der Waals surface area contributed by atoms with E-state index in [1.165, 1.54) is 7.11 Å². The smallest absolute Gasteiger partial charge is 1.00 e. The SMILES string of the molecule is CO[C@@]12[C@H](COC(N)=O)C3=C(C(=O)C(C)=C(N)C3=O)N1C[C@H]1[C@@H]2N1C.C[C@]12C=CC(=O)C=C1CC[C@@H]1[C@@H]2[C@@H](O)C[C@@]2(C)[C@H]1CC[C@]2(O)C(=O)COC(=O)CCCc1ccc(N(CCCl)CCCl)cc1.NN.[H-].[Na+]. The number of methoxy groups -OCH3 is 1. The number of aliphatic hydroxyl groups excluding tert-OH is 1. The molecule has 12 atom stereocenters. The van der Waals surface area contributed by atoms with Crippen molar-refractivity contribution >= 4 is 64.1 Å². The third kappa shape index (κ3) is 9.76. The molecular formula is C51H70Cl2N7NaO11. The molecule has 0 bridgehead atoms. The van der Waals surface area contributed by atoms with E-state index >= 15 is 0 Å². The third-order valence-corrected chi connectivity index (χ3v) is 17.7. The van der Waals surface area contributed by atoms with Crippen LogP contribution in [-0.4, -0.2) is 143 Å². The summed E-state index contributed by atoms with van der Waals surface area (Å²) < 4.78 is 16.3. The van der Waals surface area contributed by atoms with Crippen LogP contribution in [0.5, 0.6) is 0 Å². The fraction of sp³-hybridized carbons (Fsp3) is 0.608. The van der Waals surface area contributed by atoms with Gasteiger partial charge in [-0.3, -0.25) is 40.6 Å². The van der Waals surface area contributed by atoms with Crippen LogP contribution in [0.25, 0.3) is 0 Å². The third-order valence-electron chi connectivity index (χ3n) is 17.3. The molecule has 8 aliphatic rings. The van der Waals surface area contributed by atoms with Crippen LogP contribution in [0, 0.1) is 34.5 Å². The van der Waals surface area contributed by atoms with Crippen LogP contribution in [0.1, 0.15) is 72.7 Å². The zero-order valence-corrected chi connectivity index (χ0v) is 45.7. The number of aryl methyl sites for hydroxylation is 1. The molecule has 3 saturated carbocycles. The minimum atomic E-state index is -1.66. The number of nitrogens with zero attached hydrogens (tertiary/aromatic N) is 3. The molecule has 10 N–H and O–H groups in total. The number of aliphatic hydroxyl groups is 2. The maximum absolute atomic E-state index is 13.5. The van der Waals surface area contributed by atoms with Gasteiger partial charge in [-0.25, -0.2) is 4.79 Å². The van der Waals surface area contributed by atoms with Crippen LogP contribution in [-0.2, 0) is 44.6 Å². The topological polar surface area (TPSA) is 284 Å². The van der Waals surface area contributed by atoms with Crippen LogP contribution in [0.4, 0.5) is 10.5 Å². The monoisotopic (exact) mass is 1050 g/mol. The number of Topliss-reactive ketones (excluding diaryl/α,β-unsaturated/α-hetero) is 3. The summed E-state index contributed by atoms with van der Waals surface area (Å²) in [5, 5.41) is 23.4. The van der Waals surface area contributed by atoms with Gasteiger partial charge in [0.2, 0.25) is 17.3 Å². The number of piperazine rings is 1. The van der Waals surface area contributed by atoms with Gasteiger partial charge in [-0.2, -0.15) is 0 Å². The standard InChI is InChI=1S/C35H45Cl2NO6.C16H20N4O5.H4N2.Na.H/c1-33-14-12-26(39)20-24(33)8-11-27-28-13-15-35(43,34(28,2)21-29(40)32(27)33)30(41)22-44-31(42)5-3-4-23-6-9-25(10-7-23)38(18-16-36)19-17-37;1-6-10(17)13(22)9-7(5-25-15(18)23)16(24-3)14-8(19(14)2)4-20(16)11(9)12(6)21;1-2;;/h6-7,9-10,12,14,20,27-29,32,40,43H,3-5,8,11,13,15-19,21-22H2,1-2H3;7-8,14H,4-5,17H2,1-3H3,(H2,18,23);1-2H2;;/q;;;+1;-1/t27-,28-,29-,32+,33-,34-,35-;7-,8+,14+,16-,19?;;;/m01.../s1. The Morgan fingerprint density at radius 1 is 1.01 bits per heavy atom. The van der Waals surface area contributed by atoms with Crippen LogP contribution in [0.2, 0.25) is 0 Å². The molecule has 5 aliphatic carbocycles. The Bertz CT molecular complexity index is 2440. The fourth-order valence-electron chi connectivity index (χ4n) is 13.7. The molecule has 72 heavy (non-hydrogen) atoms. The first kappa shape index (κ1) is 57.6. The van der Waals surface area contributed by atoms with Crippen molar-refractivity contribution in [2.24, 2.45) is 57.7 Å². The molecule has 1 aromatic rings. The molecule has 0 aromatic heterocycles. The first-order chi connectivity index (χ1) is 33.7. The van der Waals surface area contributed by atoms with E-state index < -0.39 is 64.4 Å². The van der Waals surface area contributed by atoms with E-state index in [1.807, 2.05) is 49.2 Å². The fourth-order valence-corrected chi connectivity index (χ4v) is 14.2. The number of esters is 1. The molecule has 2 saturated heterocycles. The molecule has 18 nitrogen and oxygen atoms in total. The summed E-state index contributed by atoms with van der Waals surface area (Å²) in [5.74, 6) is 6.84. The molecule has 21 heteroatoms. The summed E-state index contributed by atoms with van der Waals surface area (Å²) in [4.78, 5) is 81.1. The maximum atomic E-state index is 13.5. The summed E-state index contributed by atoms with van der Waals surface area (Å²) in [5.41, 5.74) is 11.1. The number of hydrazine groups is 1. The van der Waals surface area contributed by atoms with Crippen LogP contribution >= 0.6 is 23.2 Å². The average molecular weight is 1050 g/mol. The van der Waals surface area contributed by atoms with Crippen molar-refractivity contribution in [1.29, 1.82) is 0 Å². The second-order valence-electron chi connectivity index (χ2n) is 20.5. The van der Waals surface area contributed by atoms with Gasteiger partial charge in [0, 0.05) is 84.5 Å². The van der Waals surface area contributed by atoms with E-state index in [4.69, 9.17) is 48.9 Å². The van der Waals surface area contributed by atoms with E-state index in [-0.39, 0.29) is 115 Å². The van der Waals surface area contributed by atoms with Crippen LogP contribution < -0.4 is 57.6 Å². The predicted octanol–water partition coefficient (Wildman–Crippen LogP) is 0.0417. The van der Waals surface area contributed by atoms with Crippen LogP contribution in [0.3, 0.4) is 0 Å².